The van der Waals surface area contributed by atoms with Crippen molar-refractivity contribution in [1.29, 1.82) is 0 Å². The summed E-state index contributed by atoms with van der Waals surface area (Å²) in [6, 6.07) is 0. The Hall–Kier alpha value is -2.78. The van der Waals surface area contributed by atoms with Crippen LogP contribution in [0.1, 0.15) is 60.6 Å². The quantitative estimate of drug-likeness (QED) is 0.480. The summed E-state index contributed by atoms with van der Waals surface area (Å²) >= 11 is 0. The van der Waals surface area contributed by atoms with Crippen molar-refractivity contribution in [3.8, 4) is 0 Å². The average Bonchev–Trinajstić information content (AvgIpc) is 2.77. The Morgan fingerprint density at radius 2 is 1.93 bits per heavy atom. The van der Waals surface area contributed by atoms with E-state index in [1.807, 2.05) is 46.8 Å². The number of nitrogens with one attached hydrogen (secondary N) is 1. The normalized spacial score (nSPS) is 16.8. The summed E-state index contributed by atoms with van der Waals surface area (Å²) in [6.45, 7) is 12.6. The first-order valence-corrected chi connectivity index (χ1v) is 10.2. The van der Waals surface area contributed by atoms with Crippen LogP contribution in [0.5, 0.6) is 0 Å². The topological polar surface area (TPSA) is 37.8 Å². The van der Waals surface area contributed by atoms with Crippen LogP contribution in [-0.2, 0) is 0 Å². The Labute approximate surface area is 178 Å². The molecule has 1 aromatic rings. The van der Waals surface area contributed by atoms with E-state index in [1.165, 1.54) is 12.2 Å². The zero-order valence-electron chi connectivity index (χ0n) is 18.9. The molecule has 160 valence electrons. The van der Waals surface area contributed by atoms with E-state index in [4.69, 9.17) is 0 Å². The van der Waals surface area contributed by atoms with Crippen LogP contribution >= 0.6 is 0 Å². The Bertz CT molecular complexity index is 965. The monoisotopic (exact) mass is 411 g/mol. The zero-order valence-corrected chi connectivity index (χ0v) is 18.9. The minimum atomic E-state index is -1.30. The molecule has 0 saturated carbocycles. The molecular weight excluding hydrogens is 380 g/mol. The van der Waals surface area contributed by atoms with Gasteiger partial charge in [-0.2, -0.15) is 0 Å². The number of alkyl halides is 1. The Balaban J connectivity index is 2.29. The summed E-state index contributed by atoms with van der Waals surface area (Å²) in [5, 5.41) is 3.28. The van der Waals surface area contributed by atoms with Crippen LogP contribution in [0.3, 0.4) is 0 Å². The second kappa shape index (κ2) is 9.82. The fraction of sp³-hybridized carbons (Fsp3) is 0.400. The lowest BCUT2D eigenvalue weighted by molar-refractivity contribution is 0.165. The summed E-state index contributed by atoms with van der Waals surface area (Å²) in [6.07, 6.45) is 11.0. The Kier molecular flexibility index (Phi) is 7.69. The fourth-order valence-electron chi connectivity index (χ4n) is 2.95. The molecule has 0 fully saturated rings. The number of hydrogen-bond donors (Lipinski definition) is 1. The van der Waals surface area contributed by atoms with Crippen molar-refractivity contribution in [2.45, 2.75) is 60.6 Å². The molecule has 5 heteroatoms. The van der Waals surface area contributed by atoms with Gasteiger partial charge in [0.2, 0.25) is 0 Å². The van der Waals surface area contributed by atoms with E-state index in [0.717, 1.165) is 28.8 Å². The summed E-state index contributed by atoms with van der Waals surface area (Å²) in [4.78, 5) is 8.94. The first-order chi connectivity index (χ1) is 14.0. The van der Waals surface area contributed by atoms with Crippen LogP contribution in [0.15, 0.2) is 70.7 Å². The van der Waals surface area contributed by atoms with Crippen molar-refractivity contribution >= 4 is 11.4 Å². The number of rotatable bonds is 7. The molecule has 0 saturated heterocycles. The van der Waals surface area contributed by atoms with Crippen molar-refractivity contribution in [2.75, 3.05) is 5.32 Å². The van der Waals surface area contributed by atoms with Gasteiger partial charge in [-0.25, -0.2) is 13.8 Å². The highest BCUT2D eigenvalue weighted by Gasteiger charge is 2.23. The number of nitrogens with zero attached hydrogens (tertiary/aromatic N) is 2. The summed E-state index contributed by atoms with van der Waals surface area (Å²) in [5.41, 5.74) is 6.62. The summed E-state index contributed by atoms with van der Waals surface area (Å²) in [7, 11) is 0. The number of allylic oxidation sites excluding steroid dienone is 7. The maximum absolute atomic E-state index is 14.1. The van der Waals surface area contributed by atoms with Gasteiger partial charge in [0.05, 0.1) is 23.8 Å². The molecule has 1 aliphatic carbocycles. The number of halogens is 2. The summed E-state index contributed by atoms with van der Waals surface area (Å²) < 4.78 is 28.0. The van der Waals surface area contributed by atoms with Gasteiger partial charge in [0.1, 0.15) is 17.3 Å². The van der Waals surface area contributed by atoms with Crippen molar-refractivity contribution in [3.63, 3.8) is 0 Å². The van der Waals surface area contributed by atoms with Gasteiger partial charge < -0.3 is 5.32 Å². The maximum Gasteiger partial charge on any atom is 0.148 e. The van der Waals surface area contributed by atoms with E-state index >= 15 is 0 Å². The molecule has 3 nitrogen and oxygen atoms in total. The van der Waals surface area contributed by atoms with Crippen LogP contribution in [-0.4, -0.2) is 15.6 Å². The first kappa shape index (κ1) is 23.5. The van der Waals surface area contributed by atoms with E-state index in [-0.39, 0.29) is 11.7 Å². The van der Waals surface area contributed by atoms with E-state index < -0.39 is 5.67 Å². The average molecular weight is 412 g/mol. The molecule has 0 spiro atoms. The lowest BCUT2D eigenvalue weighted by Gasteiger charge is -2.20. The SMILES string of the molecule is CCC=C(Nc1cnc(/C(C)=C/C(C)C(C)(C)F)cn1)C1=C=C(C)C=C(F)C=C1C. The van der Waals surface area contributed by atoms with Crippen molar-refractivity contribution < 1.29 is 8.78 Å². The Morgan fingerprint density at radius 3 is 2.50 bits per heavy atom. The standard InChI is InChI=1S/C25H31F2N3/c1-8-9-22(21-11-16(2)10-20(26)13-17(21)3)30-24-15-28-23(14-29-24)18(4)12-19(5)25(6,7)27/h9-10,12-15,19H,8H2,1-7H3,(H,29,30)/b18-12+,22-9?. The molecule has 30 heavy (non-hydrogen) atoms. The molecule has 1 aromatic heterocycles. The molecule has 0 bridgehead atoms. The molecule has 0 radical (unpaired) electrons. The van der Waals surface area contributed by atoms with Gasteiger partial charge in [-0.3, -0.25) is 4.98 Å². The first-order valence-electron chi connectivity index (χ1n) is 10.2. The lowest BCUT2D eigenvalue weighted by atomic mass is 9.92. The van der Waals surface area contributed by atoms with Gasteiger partial charge in [0.15, 0.2) is 0 Å². The van der Waals surface area contributed by atoms with Crippen LogP contribution in [0.4, 0.5) is 14.6 Å². The van der Waals surface area contributed by atoms with Gasteiger partial charge >= 0.3 is 0 Å². The van der Waals surface area contributed by atoms with Crippen LogP contribution in [0, 0.1) is 5.92 Å². The molecule has 0 aromatic carbocycles. The minimum absolute atomic E-state index is 0.239. The molecule has 1 atom stereocenters. The van der Waals surface area contributed by atoms with Crippen LogP contribution < -0.4 is 5.32 Å². The van der Waals surface area contributed by atoms with Gasteiger partial charge in [0.25, 0.3) is 0 Å². The number of anilines is 1. The molecule has 0 amide bonds. The zero-order chi connectivity index (χ0) is 22.5. The maximum atomic E-state index is 14.1. The minimum Gasteiger partial charge on any atom is -0.338 e. The van der Waals surface area contributed by atoms with Gasteiger partial charge in [-0.1, -0.05) is 26.0 Å². The highest BCUT2D eigenvalue weighted by molar-refractivity contribution is 5.62. The predicted molar refractivity (Wildman–Crippen MR) is 121 cm³/mol. The highest BCUT2D eigenvalue weighted by Crippen LogP contribution is 2.27. The second-order valence-corrected chi connectivity index (χ2v) is 8.18. The second-order valence-electron chi connectivity index (χ2n) is 8.18. The van der Waals surface area contributed by atoms with E-state index in [2.05, 4.69) is 21.0 Å². The number of hydrogen-bond acceptors (Lipinski definition) is 3. The van der Waals surface area contributed by atoms with Gasteiger partial charge in [-0.05, 0) is 69.9 Å². The molecule has 1 unspecified atom stereocenters. The van der Waals surface area contributed by atoms with Gasteiger partial charge in [-0.15, -0.1) is 5.73 Å². The lowest BCUT2D eigenvalue weighted by Crippen LogP contribution is -2.21. The van der Waals surface area contributed by atoms with E-state index in [1.54, 1.807) is 26.2 Å². The molecule has 1 N–H and O–H groups in total. The van der Waals surface area contributed by atoms with Crippen LogP contribution in [0.2, 0.25) is 0 Å². The molecule has 0 aliphatic heterocycles. The Morgan fingerprint density at radius 1 is 1.23 bits per heavy atom. The van der Waals surface area contributed by atoms with Crippen molar-refractivity contribution in [3.05, 3.63) is 76.4 Å². The van der Waals surface area contributed by atoms with Crippen molar-refractivity contribution in [2.24, 2.45) is 5.92 Å². The molecule has 1 heterocycles. The predicted octanol–water partition coefficient (Wildman–Crippen LogP) is 7.25. The third-order valence-electron chi connectivity index (χ3n) is 5.00. The number of aromatic nitrogens is 2. The molecule has 2 rings (SSSR count). The van der Waals surface area contributed by atoms with E-state index in [0.29, 0.717) is 17.1 Å². The fourth-order valence-corrected chi connectivity index (χ4v) is 2.95. The van der Waals surface area contributed by atoms with Crippen molar-refractivity contribution in [1.82, 2.24) is 9.97 Å². The highest BCUT2D eigenvalue weighted by atomic mass is 19.1. The molecular formula is C25H31F2N3. The van der Waals surface area contributed by atoms with Gasteiger partial charge in [0, 0.05) is 11.5 Å². The van der Waals surface area contributed by atoms with Crippen LogP contribution in [0.25, 0.3) is 5.57 Å². The van der Waals surface area contributed by atoms with E-state index in [9.17, 15) is 8.78 Å². The molecule has 1 aliphatic rings. The smallest absolute Gasteiger partial charge is 0.148 e. The third-order valence-corrected chi connectivity index (χ3v) is 5.00. The summed E-state index contributed by atoms with van der Waals surface area (Å²) in [5.74, 6) is 0.0418. The third kappa shape index (κ3) is 6.36. The largest absolute Gasteiger partial charge is 0.338 e.